The lowest BCUT2D eigenvalue weighted by atomic mass is 9.90. The second-order valence-corrected chi connectivity index (χ2v) is 6.38. The molecule has 0 aromatic heterocycles. The molecule has 0 saturated heterocycles. The molecule has 2 atom stereocenters. The fourth-order valence-electron chi connectivity index (χ4n) is 3.00. The third-order valence-corrected chi connectivity index (χ3v) is 4.58. The summed E-state index contributed by atoms with van der Waals surface area (Å²) in [6.07, 6.45) is 7.49. The third kappa shape index (κ3) is 4.37. The second kappa shape index (κ2) is 7.52. The highest BCUT2D eigenvalue weighted by atomic mass is 35.5. The Labute approximate surface area is 126 Å². The predicted molar refractivity (Wildman–Crippen MR) is 84.4 cm³/mol. The second-order valence-electron chi connectivity index (χ2n) is 5.53. The van der Waals surface area contributed by atoms with Gasteiger partial charge in [-0.1, -0.05) is 43.0 Å². The van der Waals surface area contributed by atoms with E-state index in [1.807, 2.05) is 12.1 Å². The number of hydrogen-bond donors (Lipinski definition) is 1. The van der Waals surface area contributed by atoms with Gasteiger partial charge in [0.15, 0.2) is 0 Å². The van der Waals surface area contributed by atoms with Crippen LogP contribution in [0.1, 0.15) is 56.9 Å². The van der Waals surface area contributed by atoms with Gasteiger partial charge in [-0.25, -0.2) is 0 Å². The van der Waals surface area contributed by atoms with E-state index in [0.29, 0.717) is 12.0 Å². The molecule has 106 valence electrons. The molecule has 1 nitrogen and oxygen atoms in total. The van der Waals surface area contributed by atoms with Gasteiger partial charge in [-0.3, -0.25) is 0 Å². The summed E-state index contributed by atoms with van der Waals surface area (Å²) >= 11 is 12.5. The van der Waals surface area contributed by atoms with Crippen LogP contribution in [0, 0.1) is 0 Å². The minimum atomic E-state index is 0.544. The van der Waals surface area contributed by atoms with E-state index in [1.54, 1.807) is 0 Å². The molecule has 1 aromatic carbocycles. The third-order valence-electron chi connectivity index (χ3n) is 4.01. The maximum absolute atomic E-state index is 6.36. The molecule has 1 fully saturated rings. The summed E-state index contributed by atoms with van der Waals surface area (Å²) in [4.78, 5) is 0. The van der Waals surface area contributed by atoms with Crippen molar-refractivity contribution in [1.29, 1.82) is 0 Å². The minimum Gasteiger partial charge on any atom is -0.314 e. The zero-order valence-electron chi connectivity index (χ0n) is 11.6. The van der Waals surface area contributed by atoms with Gasteiger partial charge in [-0.15, -0.1) is 0 Å². The molecular formula is C16H23Cl2N. The van der Waals surface area contributed by atoms with Crippen molar-refractivity contribution in [3.05, 3.63) is 33.8 Å². The summed E-state index contributed by atoms with van der Waals surface area (Å²) < 4.78 is 0. The van der Waals surface area contributed by atoms with Gasteiger partial charge in [0, 0.05) is 16.1 Å². The van der Waals surface area contributed by atoms with Gasteiger partial charge >= 0.3 is 0 Å². The van der Waals surface area contributed by atoms with E-state index in [-0.39, 0.29) is 0 Å². The normalized spacial score (nSPS) is 24.2. The molecule has 1 aromatic rings. The summed E-state index contributed by atoms with van der Waals surface area (Å²) in [6.45, 7) is 3.33. The molecule has 1 aliphatic rings. The molecule has 1 aliphatic carbocycles. The Morgan fingerprint density at radius 1 is 1.21 bits per heavy atom. The molecule has 1 saturated carbocycles. The Bertz CT molecular complexity index is 406. The Morgan fingerprint density at radius 2 is 2.00 bits per heavy atom. The smallest absolute Gasteiger partial charge is 0.0441 e. The van der Waals surface area contributed by atoms with Gasteiger partial charge in [0.2, 0.25) is 0 Å². The molecule has 0 heterocycles. The Hall–Kier alpha value is -0.240. The monoisotopic (exact) mass is 299 g/mol. The largest absolute Gasteiger partial charge is 0.314 e. The van der Waals surface area contributed by atoms with Crippen LogP contribution >= 0.6 is 23.2 Å². The van der Waals surface area contributed by atoms with Crippen LogP contribution in [-0.2, 0) is 0 Å². The van der Waals surface area contributed by atoms with Crippen molar-refractivity contribution < 1.29 is 0 Å². The first-order valence-electron chi connectivity index (χ1n) is 7.39. The van der Waals surface area contributed by atoms with Crippen LogP contribution < -0.4 is 5.32 Å². The number of rotatable bonds is 4. The van der Waals surface area contributed by atoms with Gasteiger partial charge in [0.25, 0.3) is 0 Å². The molecular weight excluding hydrogens is 277 g/mol. The number of nitrogens with one attached hydrogen (secondary N) is 1. The molecule has 0 spiro atoms. The van der Waals surface area contributed by atoms with Crippen LogP contribution in [0.2, 0.25) is 10.0 Å². The van der Waals surface area contributed by atoms with E-state index in [2.05, 4.69) is 18.3 Å². The Morgan fingerprint density at radius 3 is 2.79 bits per heavy atom. The highest BCUT2D eigenvalue weighted by Gasteiger charge is 2.22. The number of hydrogen-bond acceptors (Lipinski definition) is 1. The molecule has 0 amide bonds. The highest BCUT2D eigenvalue weighted by Crippen LogP contribution is 2.36. The maximum Gasteiger partial charge on any atom is 0.0441 e. The standard InChI is InChI=1S/C16H23Cl2N/c1-2-9-19-14-6-4-3-5-12(10-14)15-11-13(17)7-8-16(15)18/h7-8,11-12,14,19H,2-6,9-10H2,1H3. The van der Waals surface area contributed by atoms with Crippen LogP contribution in [0.15, 0.2) is 18.2 Å². The maximum atomic E-state index is 6.36. The summed E-state index contributed by atoms with van der Waals surface area (Å²) in [6, 6.07) is 6.48. The molecule has 0 bridgehead atoms. The lowest BCUT2D eigenvalue weighted by Crippen LogP contribution is -2.30. The predicted octanol–water partition coefficient (Wildman–Crippen LogP) is 5.41. The topological polar surface area (TPSA) is 12.0 Å². The summed E-state index contributed by atoms with van der Waals surface area (Å²) in [5, 5.41) is 5.33. The highest BCUT2D eigenvalue weighted by molar-refractivity contribution is 6.33. The quantitative estimate of drug-likeness (QED) is 0.733. The van der Waals surface area contributed by atoms with E-state index in [0.717, 1.165) is 16.6 Å². The first-order chi connectivity index (χ1) is 9.20. The van der Waals surface area contributed by atoms with Gasteiger partial charge in [-0.05, 0) is 61.9 Å². The molecule has 2 rings (SSSR count). The van der Waals surface area contributed by atoms with Crippen molar-refractivity contribution in [3.8, 4) is 0 Å². The Balaban J connectivity index is 2.10. The zero-order chi connectivity index (χ0) is 13.7. The van der Waals surface area contributed by atoms with Crippen molar-refractivity contribution in [2.45, 2.75) is 57.4 Å². The summed E-state index contributed by atoms with van der Waals surface area (Å²) in [5.74, 6) is 0.544. The Kier molecular flexibility index (Phi) is 6.00. The van der Waals surface area contributed by atoms with Gasteiger partial charge < -0.3 is 5.32 Å². The van der Waals surface area contributed by atoms with Crippen LogP contribution in [0.25, 0.3) is 0 Å². The first-order valence-corrected chi connectivity index (χ1v) is 8.14. The van der Waals surface area contributed by atoms with Crippen LogP contribution in [-0.4, -0.2) is 12.6 Å². The van der Waals surface area contributed by atoms with Crippen molar-refractivity contribution in [3.63, 3.8) is 0 Å². The van der Waals surface area contributed by atoms with Gasteiger partial charge in [0.1, 0.15) is 0 Å². The first kappa shape index (κ1) is 15.2. The van der Waals surface area contributed by atoms with Crippen molar-refractivity contribution in [2.24, 2.45) is 0 Å². The van der Waals surface area contributed by atoms with E-state index in [9.17, 15) is 0 Å². The van der Waals surface area contributed by atoms with E-state index >= 15 is 0 Å². The van der Waals surface area contributed by atoms with Crippen LogP contribution in [0.3, 0.4) is 0 Å². The fourth-order valence-corrected chi connectivity index (χ4v) is 3.46. The molecule has 2 unspecified atom stereocenters. The molecule has 3 heteroatoms. The molecule has 0 aliphatic heterocycles. The number of benzene rings is 1. The lowest BCUT2D eigenvalue weighted by Gasteiger charge is -2.22. The lowest BCUT2D eigenvalue weighted by molar-refractivity contribution is 0.439. The van der Waals surface area contributed by atoms with E-state index < -0.39 is 0 Å². The van der Waals surface area contributed by atoms with Gasteiger partial charge in [-0.2, -0.15) is 0 Å². The average molecular weight is 300 g/mol. The molecule has 19 heavy (non-hydrogen) atoms. The SMILES string of the molecule is CCCNC1CCCCC(c2cc(Cl)ccc2Cl)C1. The van der Waals surface area contributed by atoms with Gasteiger partial charge in [0.05, 0.1) is 0 Å². The van der Waals surface area contributed by atoms with Crippen molar-refractivity contribution in [2.75, 3.05) is 6.54 Å². The van der Waals surface area contributed by atoms with Crippen molar-refractivity contribution in [1.82, 2.24) is 5.32 Å². The molecule has 1 N–H and O–H groups in total. The molecule has 0 radical (unpaired) electrons. The number of halogens is 2. The van der Waals surface area contributed by atoms with Crippen LogP contribution in [0.5, 0.6) is 0 Å². The zero-order valence-corrected chi connectivity index (χ0v) is 13.1. The van der Waals surface area contributed by atoms with E-state index in [1.165, 1.54) is 44.1 Å². The van der Waals surface area contributed by atoms with Crippen molar-refractivity contribution >= 4 is 23.2 Å². The van der Waals surface area contributed by atoms with Crippen LogP contribution in [0.4, 0.5) is 0 Å². The summed E-state index contributed by atoms with van der Waals surface area (Å²) in [7, 11) is 0. The fraction of sp³-hybridized carbons (Fsp3) is 0.625. The summed E-state index contributed by atoms with van der Waals surface area (Å²) in [5.41, 5.74) is 1.24. The minimum absolute atomic E-state index is 0.544. The average Bonchev–Trinajstić information content (AvgIpc) is 2.64. The van der Waals surface area contributed by atoms with E-state index in [4.69, 9.17) is 23.2 Å².